The van der Waals surface area contributed by atoms with E-state index in [0.29, 0.717) is 88.2 Å². The van der Waals surface area contributed by atoms with Gasteiger partial charge in [0.25, 0.3) is 0 Å². The number of ketones is 2. The van der Waals surface area contributed by atoms with Gasteiger partial charge in [-0.1, -0.05) is 0 Å². The largest absolute Gasteiger partial charge is 0.493 e. The van der Waals surface area contributed by atoms with Gasteiger partial charge in [-0.05, 0) is 30.3 Å². The minimum Gasteiger partial charge on any atom is -0.493 e. The maximum absolute atomic E-state index is 13.0. The van der Waals surface area contributed by atoms with Crippen LogP contribution in [0, 0.1) is 0 Å². The average molecular weight is 595 g/mol. The molecule has 0 bridgehead atoms. The third-order valence-electron chi connectivity index (χ3n) is 5.76. The third kappa shape index (κ3) is 10.4. The number of aliphatic hydroxyl groups excluding tert-OH is 1. The molecule has 1 aliphatic rings. The van der Waals surface area contributed by atoms with Gasteiger partial charge < -0.3 is 52.5 Å². The highest BCUT2D eigenvalue weighted by atomic mass is 16.7. The lowest BCUT2D eigenvalue weighted by atomic mass is 10.0. The van der Waals surface area contributed by atoms with E-state index in [1.807, 2.05) is 0 Å². The Labute approximate surface area is 244 Å². The van der Waals surface area contributed by atoms with Gasteiger partial charge in [-0.2, -0.15) is 0 Å². The first-order valence-electron chi connectivity index (χ1n) is 13.5. The summed E-state index contributed by atoms with van der Waals surface area (Å²) in [5, 5.41) is 8.60. The van der Waals surface area contributed by atoms with Gasteiger partial charge in [0.15, 0.2) is 23.0 Å². The zero-order chi connectivity index (χ0) is 30.0. The predicted molar refractivity (Wildman–Crippen MR) is 147 cm³/mol. The Hall–Kier alpha value is -3.46. The van der Waals surface area contributed by atoms with Gasteiger partial charge >= 0.3 is 0 Å². The molecule has 13 heteroatoms. The van der Waals surface area contributed by atoms with Gasteiger partial charge in [0.2, 0.25) is 24.1 Å². The van der Waals surface area contributed by atoms with Crippen molar-refractivity contribution < 1.29 is 62.1 Å². The number of aliphatic hydroxyl groups is 1. The normalized spacial score (nSPS) is 11.9. The fraction of sp³-hybridized carbons (Fsp3) is 0.517. The zero-order valence-corrected chi connectivity index (χ0v) is 23.9. The van der Waals surface area contributed by atoms with Crippen LogP contribution in [-0.2, 0) is 23.7 Å². The first-order chi connectivity index (χ1) is 20.6. The van der Waals surface area contributed by atoms with E-state index in [4.69, 9.17) is 52.5 Å². The van der Waals surface area contributed by atoms with Gasteiger partial charge in [0.05, 0.1) is 86.9 Å². The second-order valence-corrected chi connectivity index (χ2v) is 8.57. The topological polar surface area (TPSA) is 147 Å². The van der Waals surface area contributed by atoms with Crippen LogP contribution in [0.3, 0.4) is 0 Å². The van der Waals surface area contributed by atoms with E-state index in [1.165, 1.54) is 38.5 Å². The van der Waals surface area contributed by atoms with Crippen LogP contribution in [0.2, 0.25) is 0 Å². The average Bonchev–Trinajstić information content (AvgIpc) is 3.50. The summed E-state index contributed by atoms with van der Waals surface area (Å²) in [4.78, 5) is 26.0. The molecule has 0 aliphatic carbocycles. The Bertz CT molecular complexity index is 1120. The van der Waals surface area contributed by atoms with Crippen molar-refractivity contribution in [2.75, 3.05) is 100 Å². The molecule has 2 aromatic rings. The van der Waals surface area contributed by atoms with E-state index in [0.717, 1.165) is 0 Å². The molecule has 0 radical (unpaired) electrons. The highest BCUT2D eigenvalue weighted by Gasteiger charge is 2.26. The van der Waals surface area contributed by atoms with E-state index in [1.54, 1.807) is 6.07 Å². The summed E-state index contributed by atoms with van der Waals surface area (Å²) in [6, 6.07) is 7.42. The van der Waals surface area contributed by atoms with E-state index in [-0.39, 0.29) is 37.7 Å². The Morgan fingerprint density at radius 2 is 1.17 bits per heavy atom. The van der Waals surface area contributed by atoms with Gasteiger partial charge in [-0.3, -0.25) is 9.59 Å². The second-order valence-electron chi connectivity index (χ2n) is 8.57. The maximum atomic E-state index is 13.0. The summed E-state index contributed by atoms with van der Waals surface area (Å²) >= 11 is 0. The molecule has 0 unspecified atom stereocenters. The second kappa shape index (κ2) is 18.9. The molecule has 42 heavy (non-hydrogen) atoms. The molecule has 0 fully saturated rings. The molecule has 1 N–H and O–H groups in total. The van der Waals surface area contributed by atoms with Crippen molar-refractivity contribution in [3.8, 4) is 28.7 Å². The number of ether oxygens (including phenoxy) is 10. The molecule has 0 saturated heterocycles. The summed E-state index contributed by atoms with van der Waals surface area (Å²) in [6.07, 6.45) is 0. The molecule has 0 amide bonds. The molecule has 0 atom stereocenters. The van der Waals surface area contributed by atoms with Crippen LogP contribution >= 0.6 is 0 Å². The number of carbonyl (C=O) groups is 2. The lowest BCUT2D eigenvalue weighted by molar-refractivity contribution is -0.0147. The van der Waals surface area contributed by atoms with Crippen LogP contribution in [0.4, 0.5) is 0 Å². The van der Waals surface area contributed by atoms with Crippen LogP contribution in [0.25, 0.3) is 0 Å². The molecule has 3 rings (SSSR count). The van der Waals surface area contributed by atoms with Gasteiger partial charge in [-0.25, -0.2) is 0 Å². The molecule has 0 saturated carbocycles. The number of carbonyl (C=O) groups excluding carboxylic acids is 2. The highest BCUT2D eigenvalue weighted by molar-refractivity contribution is 6.49. The molecule has 0 aromatic heterocycles. The minimum absolute atomic E-state index is 0.00145. The fourth-order valence-electron chi connectivity index (χ4n) is 3.71. The molecule has 0 spiro atoms. The molecule has 1 aliphatic heterocycles. The number of rotatable bonds is 23. The first-order valence-corrected chi connectivity index (χ1v) is 13.5. The lowest BCUT2D eigenvalue weighted by Crippen LogP contribution is -2.16. The van der Waals surface area contributed by atoms with Gasteiger partial charge in [0.1, 0.15) is 6.61 Å². The Morgan fingerprint density at radius 1 is 0.643 bits per heavy atom. The van der Waals surface area contributed by atoms with Gasteiger partial charge in [0, 0.05) is 11.1 Å². The number of Topliss-reactive ketones (excluding diaryl/α,β-unsaturated/α-hetero) is 2. The van der Waals surface area contributed by atoms with Crippen molar-refractivity contribution in [1.29, 1.82) is 0 Å². The van der Waals surface area contributed by atoms with E-state index < -0.39 is 11.6 Å². The standard InChI is InChI=1S/C29H38O13/c1-33-23-4-3-21(27(31)28(32)22-18-25(34-2)29-26(19-22)41-20-42-29)17-24(23)40-16-15-39-14-13-38-12-11-37-10-9-36-8-7-35-6-5-30/h3-4,17-19,30H,5-16,20H2,1-2H3. The Morgan fingerprint density at radius 3 is 1.74 bits per heavy atom. The van der Waals surface area contributed by atoms with Crippen molar-refractivity contribution in [1.82, 2.24) is 0 Å². The summed E-state index contributed by atoms with van der Waals surface area (Å²) < 4.78 is 53.8. The molecule has 2 aromatic carbocycles. The van der Waals surface area contributed by atoms with Crippen molar-refractivity contribution >= 4 is 11.6 Å². The van der Waals surface area contributed by atoms with Crippen molar-refractivity contribution in [3.05, 3.63) is 41.5 Å². The van der Waals surface area contributed by atoms with E-state index in [9.17, 15) is 9.59 Å². The maximum Gasteiger partial charge on any atom is 0.233 e. The Balaban J connectivity index is 1.33. The monoisotopic (exact) mass is 594 g/mol. The molecule has 13 nitrogen and oxygen atoms in total. The first kappa shape index (κ1) is 33.0. The van der Waals surface area contributed by atoms with Crippen molar-refractivity contribution in [2.24, 2.45) is 0 Å². The third-order valence-corrected chi connectivity index (χ3v) is 5.76. The lowest BCUT2D eigenvalue weighted by Gasteiger charge is -2.13. The minimum atomic E-state index is -0.731. The number of fused-ring (bicyclic) bond motifs is 1. The summed E-state index contributed by atoms with van der Waals surface area (Å²) in [5.74, 6) is 0.285. The number of hydrogen-bond acceptors (Lipinski definition) is 13. The fourth-order valence-corrected chi connectivity index (χ4v) is 3.71. The van der Waals surface area contributed by atoms with Crippen molar-refractivity contribution in [3.63, 3.8) is 0 Å². The highest BCUT2D eigenvalue weighted by Crippen LogP contribution is 2.42. The number of benzene rings is 2. The van der Waals surface area contributed by atoms with Crippen LogP contribution in [-0.4, -0.2) is 117 Å². The van der Waals surface area contributed by atoms with E-state index in [2.05, 4.69) is 0 Å². The van der Waals surface area contributed by atoms with E-state index >= 15 is 0 Å². The molecule has 1 heterocycles. The summed E-state index contributed by atoms with van der Waals surface area (Å²) in [6.45, 7) is 4.20. The summed E-state index contributed by atoms with van der Waals surface area (Å²) in [5.41, 5.74) is 0.259. The predicted octanol–water partition coefficient (Wildman–Crippen LogP) is 1.95. The Kier molecular flexibility index (Phi) is 14.8. The van der Waals surface area contributed by atoms with Gasteiger partial charge in [-0.15, -0.1) is 0 Å². The van der Waals surface area contributed by atoms with Crippen molar-refractivity contribution in [2.45, 2.75) is 0 Å². The number of methoxy groups -OCH3 is 2. The van der Waals surface area contributed by atoms with Crippen LogP contribution in [0.5, 0.6) is 28.7 Å². The number of hydrogen-bond donors (Lipinski definition) is 1. The molecular formula is C29H38O13. The SMILES string of the molecule is COc1ccc(C(=O)C(=O)c2cc(OC)c3c(c2)OCO3)cc1OCCOCCOCCOCCOCCOCCO. The smallest absolute Gasteiger partial charge is 0.233 e. The van der Waals surface area contributed by atoms with Crippen LogP contribution in [0.1, 0.15) is 20.7 Å². The van der Waals surface area contributed by atoms with Crippen LogP contribution < -0.4 is 23.7 Å². The quantitative estimate of drug-likeness (QED) is 0.114. The zero-order valence-electron chi connectivity index (χ0n) is 23.9. The van der Waals surface area contributed by atoms with Crippen LogP contribution in [0.15, 0.2) is 30.3 Å². The summed E-state index contributed by atoms with van der Waals surface area (Å²) in [7, 11) is 2.92. The molecular weight excluding hydrogens is 556 g/mol. The molecule has 232 valence electrons.